The summed E-state index contributed by atoms with van der Waals surface area (Å²) in [5.41, 5.74) is 0.995. The average molecular weight is 288 g/mol. The largest absolute Gasteiger partial charge is 0.337 e. The van der Waals surface area contributed by atoms with Crippen LogP contribution in [-0.2, 0) is 0 Å². The highest BCUT2D eigenvalue weighted by Crippen LogP contribution is 2.25. The highest BCUT2D eigenvalue weighted by Gasteiger charge is 2.25. The van der Waals surface area contributed by atoms with Crippen molar-refractivity contribution in [2.45, 2.75) is 12.5 Å². The average Bonchev–Trinajstić information content (AvgIpc) is 3.18. The van der Waals surface area contributed by atoms with Gasteiger partial charge >= 0.3 is 0 Å². The van der Waals surface area contributed by atoms with E-state index in [0.717, 1.165) is 30.1 Å². The molecule has 0 saturated carbocycles. The molecule has 5 nitrogen and oxygen atoms in total. The summed E-state index contributed by atoms with van der Waals surface area (Å²) in [5, 5.41) is 4.13. The topological polar surface area (TPSA) is 58.1 Å². The zero-order valence-electron chi connectivity index (χ0n) is 11.2. The van der Waals surface area contributed by atoms with Crippen LogP contribution in [0.15, 0.2) is 30.7 Å². The monoisotopic (exact) mass is 288 g/mol. The molecule has 1 aliphatic heterocycles. The number of hydrogen-bond acceptors (Lipinski definition) is 5. The number of nitrogens with one attached hydrogen (secondary N) is 1. The van der Waals surface area contributed by atoms with Crippen LogP contribution in [0.2, 0.25) is 0 Å². The van der Waals surface area contributed by atoms with Crippen LogP contribution in [0, 0.1) is 0 Å². The van der Waals surface area contributed by atoms with Crippen LogP contribution in [0.3, 0.4) is 0 Å². The Kier molecular flexibility index (Phi) is 3.75. The highest BCUT2D eigenvalue weighted by atomic mass is 32.1. The summed E-state index contributed by atoms with van der Waals surface area (Å²) < 4.78 is 0. The lowest BCUT2D eigenvalue weighted by atomic mass is 10.2. The molecule has 6 heteroatoms. The normalized spacial score (nSPS) is 18.1. The molecule has 0 aromatic carbocycles. The van der Waals surface area contributed by atoms with E-state index < -0.39 is 0 Å². The molecule has 1 amide bonds. The van der Waals surface area contributed by atoms with Crippen LogP contribution < -0.4 is 5.32 Å². The van der Waals surface area contributed by atoms with Gasteiger partial charge in [-0.25, -0.2) is 4.98 Å². The smallest absolute Gasteiger partial charge is 0.265 e. The second-order valence-corrected chi connectivity index (χ2v) is 5.86. The molecular formula is C14H16N4OS. The van der Waals surface area contributed by atoms with E-state index in [1.54, 1.807) is 18.6 Å². The molecule has 0 aliphatic carbocycles. The molecule has 0 bridgehead atoms. The Morgan fingerprint density at radius 3 is 2.95 bits per heavy atom. The Hall–Kier alpha value is -1.79. The molecule has 1 aliphatic rings. The molecule has 2 aromatic heterocycles. The lowest BCUT2D eigenvalue weighted by Crippen LogP contribution is -2.37. The Morgan fingerprint density at radius 2 is 2.25 bits per heavy atom. The van der Waals surface area contributed by atoms with Crippen LogP contribution in [-0.4, -0.2) is 47.0 Å². The van der Waals surface area contributed by atoms with Gasteiger partial charge in [0.1, 0.15) is 9.88 Å². The van der Waals surface area contributed by atoms with Gasteiger partial charge in [-0.05, 0) is 25.1 Å². The highest BCUT2D eigenvalue weighted by molar-refractivity contribution is 7.16. The van der Waals surface area contributed by atoms with Crippen LogP contribution >= 0.6 is 11.3 Å². The molecule has 1 fully saturated rings. The maximum atomic E-state index is 12.4. The first-order valence-corrected chi connectivity index (χ1v) is 7.41. The second-order valence-electron chi connectivity index (χ2n) is 4.83. The molecule has 20 heavy (non-hydrogen) atoms. The van der Waals surface area contributed by atoms with E-state index in [4.69, 9.17) is 0 Å². The number of carbonyl (C=O) groups is 1. The van der Waals surface area contributed by atoms with E-state index >= 15 is 0 Å². The van der Waals surface area contributed by atoms with Gasteiger partial charge in [0.25, 0.3) is 5.91 Å². The maximum Gasteiger partial charge on any atom is 0.265 e. The number of rotatable bonds is 3. The minimum absolute atomic E-state index is 0.0523. The summed E-state index contributed by atoms with van der Waals surface area (Å²) in [4.78, 5) is 23.3. The summed E-state index contributed by atoms with van der Waals surface area (Å²) in [7, 11) is 1.87. The molecule has 3 rings (SSSR count). The molecular weight excluding hydrogens is 272 g/mol. The predicted molar refractivity (Wildman–Crippen MR) is 78.7 cm³/mol. The lowest BCUT2D eigenvalue weighted by molar-refractivity contribution is 0.0748. The quantitative estimate of drug-likeness (QED) is 0.933. The number of likely N-dealkylation sites (N-methyl/N-ethyl adjacent to an activating group) is 1. The third-order valence-electron chi connectivity index (χ3n) is 3.55. The molecule has 2 aromatic rings. The zero-order valence-corrected chi connectivity index (χ0v) is 12.1. The van der Waals surface area contributed by atoms with Crippen LogP contribution in [0.1, 0.15) is 16.1 Å². The van der Waals surface area contributed by atoms with Crippen molar-refractivity contribution in [3.63, 3.8) is 0 Å². The number of amides is 1. The van der Waals surface area contributed by atoms with Gasteiger partial charge in [-0.3, -0.25) is 9.78 Å². The van der Waals surface area contributed by atoms with Gasteiger partial charge in [0.05, 0.1) is 6.20 Å². The fourth-order valence-electron chi connectivity index (χ4n) is 2.31. The zero-order chi connectivity index (χ0) is 13.9. The fourth-order valence-corrected chi connectivity index (χ4v) is 3.21. The summed E-state index contributed by atoms with van der Waals surface area (Å²) >= 11 is 1.43. The Balaban J connectivity index is 1.78. The van der Waals surface area contributed by atoms with Crippen molar-refractivity contribution < 1.29 is 4.79 Å². The van der Waals surface area contributed by atoms with Gasteiger partial charge in [-0.2, -0.15) is 0 Å². The fraction of sp³-hybridized carbons (Fsp3) is 0.357. The Bertz CT molecular complexity index is 592. The first-order chi connectivity index (χ1) is 9.75. The lowest BCUT2D eigenvalue weighted by Gasteiger charge is -2.22. The van der Waals surface area contributed by atoms with Gasteiger partial charge in [-0.15, -0.1) is 11.3 Å². The predicted octanol–water partition coefficient (Wildman–Crippen LogP) is 1.64. The van der Waals surface area contributed by atoms with E-state index in [1.807, 2.05) is 24.1 Å². The van der Waals surface area contributed by atoms with Gasteiger partial charge < -0.3 is 10.2 Å². The molecule has 0 radical (unpaired) electrons. The minimum Gasteiger partial charge on any atom is -0.337 e. The molecule has 104 valence electrons. The molecule has 3 heterocycles. The van der Waals surface area contributed by atoms with E-state index in [1.165, 1.54) is 11.3 Å². The summed E-state index contributed by atoms with van der Waals surface area (Å²) in [6.07, 6.45) is 6.14. The standard InChI is InChI=1S/C14H16N4OS/c1-18(11-4-7-16-8-11)14(19)12-9-17-13(20-12)10-2-5-15-6-3-10/h2-3,5-6,9,11,16H,4,7-8H2,1H3. The van der Waals surface area contributed by atoms with Crippen molar-refractivity contribution in [1.82, 2.24) is 20.2 Å². The summed E-state index contributed by atoms with van der Waals surface area (Å²) in [5.74, 6) is 0.0523. The number of aromatic nitrogens is 2. The SMILES string of the molecule is CN(C(=O)c1cnc(-c2ccncc2)s1)C1CCNC1. The van der Waals surface area contributed by atoms with E-state index in [9.17, 15) is 4.79 Å². The van der Waals surface area contributed by atoms with Crippen molar-refractivity contribution in [3.05, 3.63) is 35.6 Å². The first-order valence-electron chi connectivity index (χ1n) is 6.60. The first kappa shape index (κ1) is 13.2. The van der Waals surface area contributed by atoms with Gasteiger partial charge in [-0.1, -0.05) is 0 Å². The van der Waals surface area contributed by atoms with Crippen molar-refractivity contribution in [2.75, 3.05) is 20.1 Å². The Labute approximate surface area is 121 Å². The number of pyridine rings is 1. The van der Waals surface area contributed by atoms with Crippen LogP contribution in [0.25, 0.3) is 10.6 Å². The third kappa shape index (κ3) is 2.57. The minimum atomic E-state index is 0.0523. The van der Waals surface area contributed by atoms with Gasteiger partial charge in [0.2, 0.25) is 0 Å². The van der Waals surface area contributed by atoms with Crippen molar-refractivity contribution in [2.24, 2.45) is 0 Å². The summed E-state index contributed by atoms with van der Waals surface area (Å²) in [6.45, 7) is 1.85. The Morgan fingerprint density at radius 1 is 1.45 bits per heavy atom. The molecule has 1 unspecified atom stereocenters. The van der Waals surface area contributed by atoms with E-state index in [-0.39, 0.29) is 11.9 Å². The maximum absolute atomic E-state index is 12.4. The van der Waals surface area contributed by atoms with E-state index in [0.29, 0.717) is 4.88 Å². The number of carbonyl (C=O) groups excluding carboxylic acids is 1. The van der Waals surface area contributed by atoms with Gasteiger partial charge in [0, 0.05) is 37.6 Å². The second kappa shape index (κ2) is 5.68. The van der Waals surface area contributed by atoms with Crippen molar-refractivity contribution >= 4 is 17.2 Å². The van der Waals surface area contributed by atoms with Crippen LogP contribution in [0.4, 0.5) is 0 Å². The van der Waals surface area contributed by atoms with Crippen molar-refractivity contribution in [3.8, 4) is 10.6 Å². The third-order valence-corrected chi connectivity index (χ3v) is 4.58. The molecule has 1 atom stereocenters. The number of nitrogens with zero attached hydrogens (tertiary/aromatic N) is 3. The molecule has 0 spiro atoms. The van der Waals surface area contributed by atoms with Crippen molar-refractivity contribution in [1.29, 1.82) is 0 Å². The summed E-state index contributed by atoms with van der Waals surface area (Å²) in [6, 6.07) is 4.09. The number of hydrogen-bond donors (Lipinski definition) is 1. The van der Waals surface area contributed by atoms with E-state index in [2.05, 4.69) is 15.3 Å². The van der Waals surface area contributed by atoms with Crippen LogP contribution in [0.5, 0.6) is 0 Å². The van der Waals surface area contributed by atoms with Gasteiger partial charge in [0.15, 0.2) is 0 Å². The molecule has 1 N–H and O–H groups in total. The number of thiazole rings is 1. The molecule has 1 saturated heterocycles.